The van der Waals surface area contributed by atoms with E-state index in [-0.39, 0.29) is 5.91 Å². The van der Waals surface area contributed by atoms with Gasteiger partial charge in [-0.3, -0.25) is 14.5 Å². The molecule has 3 rings (SSSR count). The van der Waals surface area contributed by atoms with Crippen LogP contribution in [-0.2, 0) is 11.3 Å². The van der Waals surface area contributed by atoms with Crippen LogP contribution in [-0.4, -0.2) is 26.4 Å². The second-order valence-electron chi connectivity index (χ2n) is 5.52. The van der Waals surface area contributed by atoms with E-state index in [9.17, 15) is 4.79 Å². The molecule has 23 heavy (non-hydrogen) atoms. The molecule has 8 heteroatoms. The number of carbonyl (C=O) groups excluding carboxylic acids is 1. The fourth-order valence-electron chi connectivity index (χ4n) is 2.32. The van der Waals surface area contributed by atoms with Crippen LogP contribution in [0.5, 0.6) is 0 Å². The van der Waals surface area contributed by atoms with Gasteiger partial charge in [0.25, 0.3) is 0 Å². The third-order valence-electron chi connectivity index (χ3n) is 3.63. The minimum Gasteiger partial charge on any atom is -0.348 e. The maximum atomic E-state index is 12.1. The molecule has 5 nitrogen and oxygen atoms in total. The summed E-state index contributed by atoms with van der Waals surface area (Å²) in [6, 6.07) is 6.51. The number of aryl methyl sites for hydroxylation is 1. The van der Waals surface area contributed by atoms with Crippen LogP contribution in [0.25, 0.3) is 0 Å². The van der Waals surface area contributed by atoms with E-state index in [1.54, 1.807) is 0 Å². The molecule has 0 radical (unpaired) electrons. The Hall–Kier alpha value is -1.12. The average molecular weight is 413 g/mol. The summed E-state index contributed by atoms with van der Waals surface area (Å²) < 4.78 is 3.70. The highest BCUT2D eigenvalue weighted by atomic mass is 79.9. The van der Waals surface area contributed by atoms with E-state index in [4.69, 9.17) is 12.2 Å². The van der Waals surface area contributed by atoms with Crippen molar-refractivity contribution in [3.05, 3.63) is 38.8 Å². The summed E-state index contributed by atoms with van der Waals surface area (Å²) in [5.74, 6) is 1.18. The van der Waals surface area contributed by atoms with Crippen molar-refractivity contribution >= 4 is 45.8 Å². The molecule has 1 aliphatic carbocycles. The Bertz CT molecular complexity index is 782. The van der Waals surface area contributed by atoms with Crippen LogP contribution in [0.15, 0.2) is 27.6 Å². The number of aromatic amines is 1. The summed E-state index contributed by atoms with van der Waals surface area (Å²) in [7, 11) is 0. The van der Waals surface area contributed by atoms with Gasteiger partial charge in [-0.15, -0.1) is 11.8 Å². The predicted octanol–water partition coefficient (Wildman–Crippen LogP) is 3.76. The Morgan fingerprint density at radius 3 is 3.04 bits per heavy atom. The third kappa shape index (κ3) is 4.24. The standard InChI is InChI=1S/C15H17BrN4OS2/c1-9-6-10(16)2-5-12(9)23-8-14(21)17-7-13-18-19-15(22)20(13)11-3-4-11/h2,5-6,11H,3-4,7-8H2,1H3,(H,17,21)(H,19,22). The monoisotopic (exact) mass is 412 g/mol. The van der Waals surface area contributed by atoms with Crippen molar-refractivity contribution in [3.63, 3.8) is 0 Å². The molecule has 122 valence electrons. The number of thioether (sulfide) groups is 1. The molecule has 1 amide bonds. The van der Waals surface area contributed by atoms with Gasteiger partial charge in [0.05, 0.1) is 12.3 Å². The van der Waals surface area contributed by atoms with Crippen LogP contribution >= 0.6 is 39.9 Å². The first kappa shape index (κ1) is 16.7. The lowest BCUT2D eigenvalue weighted by molar-refractivity contribution is -0.118. The number of hydrogen-bond donors (Lipinski definition) is 2. The van der Waals surface area contributed by atoms with Gasteiger partial charge in [0.1, 0.15) is 0 Å². The zero-order valence-electron chi connectivity index (χ0n) is 12.6. The summed E-state index contributed by atoms with van der Waals surface area (Å²) in [4.78, 5) is 13.2. The second-order valence-corrected chi connectivity index (χ2v) is 7.84. The molecule has 1 saturated carbocycles. The van der Waals surface area contributed by atoms with E-state index in [1.807, 2.05) is 29.7 Å². The predicted molar refractivity (Wildman–Crippen MR) is 97.1 cm³/mol. The van der Waals surface area contributed by atoms with Gasteiger partial charge in [0.2, 0.25) is 5.91 Å². The first-order valence-electron chi connectivity index (χ1n) is 7.36. The Morgan fingerprint density at radius 2 is 2.35 bits per heavy atom. The first-order chi connectivity index (χ1) is 11.0. The molecule has 0 unspecified atom stereocenters. The Kier molecular flexibility index (Phi) is 5.23. The SMILES string of the molecule is Cc1cc(Br)ccc1SCC(=O)NCc1n[nH]c(=S)n1C1CC1. The number of carbonyl (C=O) groups is 1. The van der Waals surface area contributed by atoms with Gasteiger partial charge in [-0.05, 0) is 55.7 Å². The van der Waals surface area contributed by atoms with Crippen molar-refractivity contribution in [1.29, 1.82) is 0 Å². The highest BCUT2D eigenvalue weighted by Gasteiger charge is 2.27. The van der Waals surface area contributed by atoms with Crippen molar-refractivity contribution in [3.8, 4) is 0 Å². The lowest BCUT2D eigenvalue weighted by atomic mass is 10.2. The van der Waals surface area contributed by atoms with E-state index in [1.165, 1.54) is 11.8 Å². The molecule has 0 bridgehead atoms. The van der Waals surface area contributed by atoms with Crippen LogP contribution in [0, 0.1) is 11.7 Å². The molecule has 2 aromatic rings. The molecule has 2 N–H and O–H groups in total. The molecule has 1 aliphatic rings. The van der Waals surface area contributed by atoms with E-state index >= 15 is 0 Å². The van der Waals surface area contributed by atoms with E-state index in [0.29, 0.717) is 23.1 Å². The molecule has 0 saturated heterocycles. The van der Waals surface area contributed by atoms with Crippen LogP contribution in [0.2, 0.25) is 0 Å². The number of hydrogen-bond acceptors (Lipinski definition) is 4. The van der Waals surface area contributed by atoms with Gasteiger partial charge in [0.15, 0.2) is 10.6 Å². The minimum absolute atomic E-state index is 0.00594. The highest BCUT2D eigenvalue weighted by Crippen LogP contribution is 2.35. The smallest absolute Gasteiger partial charge is 0.230 e. The fraction of sp³-hybridized carbons (Fsp3) is 0.400. The lowest BCUT2D eigenvalue weighted by Crippen LogP contribution is -2.26. The van der Waals surface area contributed by atoms with Gasteiger partial charge in [0, 0.05) is 15.4 Å². The summed E-state index contributed by atoms with van der Waals surface area (Å²) >= 11 is 10.2. The molecule has 1 aromatic carbocycles. The lowest BCUT2D eigenvalue weighted by Gasteiger charge is -2.08. The Labute approximate surface area is 152 Å². The summed E-state index contributed by atoms with van der Waals surface area (Å²) in [5.41, 5.74) is 1.16. The molecular formula is C15H17BrN4OS2. The van der Waals surface area contributed by atoms with Crippen molar-refractivity contribution in [1.82, 2.24) is 20.1 Å². The Balaban J connectivity index is 1.53. The number of aromatic nitrogens is 3. The quantitative estimate of drug-likeness (QED) is 0.559. The normalized spacial score (nSPS) is 14.0. The average Bonchev–Trinajstić information content (AvgIpc) is 3.27. The molecule has 1 heterocycles. The number of nitrogens with zero attached hydrogens (tertiary/aromatic N) is 2. The van der Waals surface area contributed by atoms with Gasteiger partial charge in [-0.2, -0.15) is 5.10 Å². The van der Waals surface area contributed by atoms with Gasteiger partial charge >= 0.3 is 0 Å². The maximum absolute atomic E-state index is 12.1. The second kappa shape index (κ2) is 7.19. The first-order valence-corrected chi connectivity index (χ1v) is 9.54. The Morgan fingerprint density at radius 1 is 1.57 bits per heavy atom. The molecule has 0 atom stereocenters. The van der Waals surface area contributed by atoms with Crippen LogP contribution in [0.4, 0.5) is 0 Å². The zero-order valence-corrected chi connectivity index (χ0v) is 15.9. The topological polar surface area (TPSA) is 62.7 Å². The number of nitrogens with one attached hydrogen (secondary N) is 2. The molecule has 0 aliphatic heterocycles. The van der Waals surface area contributed by atoms with Crippen LogP contribution in [0.3, 0.4) is 0 Å². The van der Waals surface area contributed by atoms with Gasteiger partial charge < -0.3 is 5.32 Å². The molecule has 1 fully saturated rings. The van der Waals surface area contributed by atoms with Gasteiger partial charge in [-0.25, -0.2) is 0 Å². The van der Waals surface area contributed by atoms with Crippen molar-refractivity contribution < 1.29 is 4.79 Å². The molecule has 0 spiro atoms. The highest BCUT2D eigenvalue weighted by molar-refractivity contribution is 9.10. The van der Waals surface area contributed by atoms with Crippen molar-refractivity contribution in [2.75, 3.05) is 5.75 Å². The number of halogens is 1. The van der Waals surface area contributed by atoms with E-state index < -0.39 is 0 Å². The number of benzene rings is 1. The fourth-order valence-corrected chi connectivity index (χ4v) is 3.93. The van der Waals surface area contributed by atoms with Crippen LogP contribution < -0.4 is 5.32 Å². The van der Waals surface area contributed by atoms with Crippen molar-refractivity contribution in [2.45, 2.75) is 37.2 Å². The minimum atomic E-state index is -0.00594. The largest absolute Gasteiger partial charge is 0.348 e. The van der Waals surface area contributed by atoms with E-state index in [0.717, 1.165) is 33.6 Å². The van der Waals surface area contributed by atoms with Gasteiger partial charge in [-0.1, -0.05) is 15.9 Å². The number of amides is 1. The summed E-state index contributed by atoms with van der Waals surface area (Å²) in [6.07, 6.45) is 2.26. The number of H-pyrrole nitrogens is 1. The van der Waals surface area contributed by atoms with Crippen LogP contribution in [0.1, 0.15) is 30.3 Å². The molecule has 1 aromatic heterocycles. The molecular weight excluding hydrogens is 396 g/mol. The van der Waals surface area contributed by atoms with E-state index in [2.05, 4.69) is 31.4 Å². The summed E-state index contributed by atoms with van der Waals surface area (Å²) in [5, 5.41) is 9.94. The maximum Gasteiger partial charge on any atom is 0.230 e. The number of rotatable bonds is 6. The zero-order chi connectivity index (χ0) is 16.4. The third-order valence-corrected chi connectivity index (χ3v) is 5.59. The van der Waals surface area contributed by atoms with Crippen molar-refractivity contribution in [2.24, 2.45) is 0 Å². The summed E-state index contributed by atoms with van der Waals surface area (Å²) in [6.45, 7) is 2.45.